The van der Waals surface area contributed by atoms with Crippen molar-refractivity contribution in [2.75, 3.05) is 5.32 Å². The fraction of sp³-hybridized carbons (Fsp3) is 0.273. The molecule has 0 atom stereocenters. The zero-order valence-corrected chi connectivity index (χ0v) is 9.21. The summed E-state index contributed by atoms with van der Waals surface area (Å²) in [5, 5.41) is 3.45. The maximum Gasteiger partial charge on any atom is 0.227 e. The summed E-state index contributed by atoms with van der Waals surface area (Å²) in [5.74, 6) is 0.236. The van der Waals surface area contributed by atoms with Crippen LogP contribution in [0.2, 0.25) is 5.02 Å². The second kappa shape index (κ2) is 3.49. The maximum atomic E-state index is 11.7. The van der Waals surface area contributed by atoms with Gasteiger partial charge in [-0.2, -0.15) is 0 Å². The average molecular weight is 236 g/mol. The second-order valence-corrected chi connectivity index (χ2v) is 4.45. The van der Waals surface area contributed by atoms with Crippen LogP contribution in [0.15, 0.2) is 18.5 Å². The van der Waals surface area contributed by atoms with E-state index in [4.69, 9.17) is 11.6 Å². The van der Waals surface area contributed by atoms with Crippen LogP contribution in [0.5, 0.6) is 0 Å². The molecule has 16 heavy (non-hydrogen) atoms. The van der Waals surface area contributed by atoms with Gasteiger partial charge in [0.1, 0.15) is 5.52 Å². The molecule has 1 aromatic heterocycles. The summed E-state index contributed by atoms with van der Waals surface area (Å²) in [7, 11) is 0. The molecule has 0 unspecified atom stereocenters. The molecule has 3 rings (SSSR count). The van der Waals surface area contributed by atoms with Crippen LogP contribution in [0.3, 0.4) is 0 Å². The molecular weight excluding hydrogens is 226 g/mol. The van der Waals surface area contributed by atoms with Crippen LogP contribution in [-0.4, -0.2) is 15.9 Å². The number of anilines is 1. The number of imidazole rings is 1. The SMILES string of the molecule is O=C(Nc1cc(Cl)cc2[nH]cnc12)C1CC1. The minimum Gasteiger partial charge on any atom is -0.344 e. The van der Waals surface area contributed by atoms with Crippen LogP contribution in [0, 0.1) is 5.92 Å². The van der Waals surface area contributed by atoms with Gasteiger partial charge in [0.15, 0.2) is 0 Å². The molecule has 4 nitrogen and oxygen atoms in total. The van der Waals surface area contributed by atoms with Crippen molar-refractivity contribution in [3.63, 3.8) is 0 Å². The van der Waals surface area contributed by atoms with Gasteiger partial charge in [0, 0.05) is 10.9 Å². The fourth-order valence-corrected chi connectivity index (χ4v) is 1.91. The molecule has 1 saturated carbocycles. The number of H-pyrrole nitrogens is 1. The number of nitrogens with one attached hydrogen (secondary N) is 2. The molecular formula is C11H10ClN3O. The summed E-state index contributed by atoms with van der Waals surface area (Å²) in [5.41, 5.74) is 2.26. The van der Waals surface area contributed by atoms with Gasteiger partial charge in [-0.25, -0.2) is 4.98 Å². The van der Waals surface area contributed by atoms with Gasteiger partial charge in [-0.3, -0.25) is 4.79 Å². The topological polar surface area (TPSA) is 57.8 Å². The summed E-state index contributed by atoms with van der Waals surface area (Å²) in [6.07, 6.45) is 3.56. The third-order valence-corrected chi connectivity index (χ3v) is 2.91. The molecule has 0 bridgehead atoms. The molecule has 5 heteroatoms. The molecule has 0 aliphatic heterocycles. The quantitative estimate of drug-likeness (QED) is 0.841. The van der Waals surface area contributed by atoms with Crippen molar-refractivity contribution in [2.45, 2.75) is 12.8 Å². The summed E-state index contributed by atoms with van der Waals surface area (Å²) in [4.78, 5) is 18.8. The zero-order valence-electron chi connectivity index (χ0n) is 8.46. The first-order chi connectivity index (χ1) is 7.74. The number of benzene rings is 1. The van der Waals surface area contributed by atoms with Crippen molar-refractivity contribution in [2.24, 2.45) is 5.92 Å². The Morgan fingerprint density at radius 2 is 2.31 bits per heavy atom. The summed E-state index contributed by atoms with van der Waals surface area (Å²) < 4.78 is 0. The lowest BCUT2D eigenvalue weighted by atomic mass is 10.2. The minimum absolute atomic E-state index is 0.0616. The lowest BCUT2D eigenvalue weighted by Gasteiger charge is -2.05. The molecule has 1 fully saturated rings. The second-order valence-electron chi connectivity index (χ2n) is 4.02. The number of amides is 1. The van der Waals surface area contributed by atoms with Crippen molar-refractivity contribution >= 4 is 34.2 Å². The van der Waals surface area contributed by atoms with E-state index < -0.39 is 0 Å². The standard InChI is InChI=1S/C11H10ClN3O/c12-7-3-8-10(14-5-13-8)9(4-7)15-11(16)6-1-2-6/h3-6H,1-2H2,(H,13,14)(H,15,16). The number of fused-ring (bicyclic) bond motifs is 1. The van der Waals surface area contributed by atoms with E-state index >= 15 is 0 Å². The normalized spacial score (nSPS) is 15.3. The van der Waals surface area contributed by atoms with Gasteiger partial charge in [0.2, 0.25) is 5.91 Å². The predicted octanol–water partition coefficient (Wildman–Crippen LogP) is 2.56. The van der Waals surface area contributed by atoms with Crippen molar-refractivity contribution < 1.29 is 4.79 Å². The van der Waals surface area contributed by atoms with E-state index in [9.17, 15) is 4.79 Å². The molecule has 1 aliphatic carbocycles. The van der Waals surface area contributed by atoms with Crippen LogP contribution < -0.4 is 5.32 Å². The van der Waals surface area contributed by atoms with Crippen LogP contribution in [0.25, 0.3) is 11.0 Å². The van der Waals surface area contributed by atoms with E-state index in [0.717, 1.165) is 23.9 Å². The first-order valence-electron chi connectivity index (χ1n) is 5.17. The highest BCUT2D eigenvalue weighted by Gasteiger charge is 2.30. The van der Waals surface area contributed by atoms with Crippen molar-refractivity contribution in [3.05, 3.63) is 23.5 Å². The average Bonchev–Trinajstić information content (AvgIpc) is 2.98. The molecule has 1 amide bonds. The molecule has 1 aromatic carbocycles. The Morgan fingerprint density at radius 1 is 1.50 bits per heavy atom. The highest BCUT2D eigenvalue weighted by molar-refractivity contribution is 6.32. The third kappa shape index (κ3) is 1.65. The molecule has 1 aliphatic rings. The van der Waals surface area contributed by atoms with E-state index in [0.29, 0.717) is 10.7 Å². The lowest BCUT2D eigenvalue weighted by molar-refractivity contribution is -0.117. The van der Waals surface area contributed by atoms with Crippen molar-refractivity contribution in [3.8, 4) is 0 Å². The van der Waals surface area contributed by atoms with E-state index in [1.54, 1.807) is 18.5 Å². The van der Waals surface area contributed by atoms with Gasteiger partial charge < -0.3 is 10.3 Å². The van der Waals surface area contributed by atoms with E-state index in [2.05, 4.69) is 15.3 Å². The van der Waals surface area contributed by atoms with Gasteiger partial charge >= 0.3 is 0 Å². The number of rotatable bonds is 2. The van der Waals surface area contributed by atoms with Crippen LogP contribution in [-0.2, 0) is 4.79 Å². The van der Waals surface area contributed by atoms with E-state index in [1.807, 2.05) is 0 Å². The highest BCUT2D eigenvalue weighted by atomic mass is 35.5. The van der Waals surface area contributed by atoms with E-state index in [-0.39, 0.29) is 11.8 Å². The Hall–Kier alpha value is -1.55. The Bertz CT molecular complexity index is 559. The molecule has 1 heterocycles. The highest BCUT2D eigenvalue weighted by Crippen LogP contribution is 2.32. The summed E-state index contributed by atoms with van der Waals surface area (Å²) in [6.45, 7) is 0. The van der Waals surface area contributed by atoms with Gasteiger partial charge in [-0.15, -0.1) is 0 Å². The molecule has 0 spiro atoms. The molecule has 0 saturated heterocycles. The van der Waals surface area contributed by atoms with E-state index in [1.165, 1.54) is 0 Å². The number of nitrogens with zero attached hydrogens (tertiary/aromatic N) is 1. The Morgan fingerprint density at radius 3 is 3.06 bits per heavy atom. The maximum absolute atomic E-state index is 11.7. The number of halogens is 1. The Labute approximate surface area is 97.0 Å². The smallest absolute Gasteiger partial charge is 0.227 e. The zero-order chi connectivity index (χ0) is 11.1. The molecule has 82 valence electrons. The van der Waals surface area contributed by atoms with Gasteiger partial charge in [-0.1, -0.05) is 11.6 Å². The Balaban J connectivity index is 2.00. The van der Waals surface area contributed by atoms with Gasteiger partial charge in [0.25, 0.3) is 0 Å². The monoisotopic (exact) mass is 235 g/mol. The Kier molecular flexibility index (Phi) is 2.11. The first kappa shape index (κ1) is 9.66. The van der Waals surface area contributed by atoms with Gasteiger partial charge in [-0.05, 0) is 25.0 Å². The van der Waals surface area contributed by atoms with Crippen LogP contribution in [0.1, 0.15) is 12.8 Å². The third-order valence-electron chi connectivity index (χ3n) is 2.69. The summed E-state index contributed by atoms with van der Waals surface area (Å²) >= 11 is 5.96. The number of hydrogen-bond donors (Lipinski definition) is 2. The number of aromatic nitrogens is 2. The minimum atomic E-state index is 0.0616. The van der Waals surface area contributed by atoms with Crippen molar-refractivity contribution in [1.29, 1.82) is 0 Å². The lowest BCUT2D eigenvalue weighted by Crippen LogP contribution is -2.13. The molecule has 2 aromatic rings. The fourth-order valence-electron chi connectivity index (χ4n) is 1.69. The van der Waals surface area contributed by atoms with Gasteiger partial charge in [0.05, 0.1) is 17.5 Å². The predicted molar refractivity (Wildman–Crippen MR) is 62.5 cm³/mol. The molecule has 0 radical (unpaired) electrons. The van der Waals surface area contributed by atoms with Crippen molar-refractivity contribution in [1.82, 2.24) is 9.97 Å². The number of hydrogen-bond acceptors (Lipinski definition) is 2. The number of aromatic amines is 1. The first-order valence-corrected chi connectivity index (χ1v) is 5.55. The summed E-state index contributed by atoms with van der Waals surface area (Å²) in [6, 6.07) is 3.52. The van der Waals surface area contributed by atoms with Crippen LogP contribution >= 0.6 is 11.6 Å². The number of carbonyl (C=O) groups excluding carboxylic acids is 1. The van der Waals surface area contributed by atoms with Crippen LogP contribution in [0.4, 0.5) is 5.69 Å². The largest absolute Gasteiger partial charge is 0.344 e. The molecule has 2 N–H and O–H groups in total. The number of carbonyl (C=O) groups is 1.